The van der Waals surface area contributed by atoms with Crippen molar-refractivity contribution in [1.29, 1.82) is 0 Å². The van der Waals surface area contributed by atoms with Gasteiger partial charge in [-0.1, -0.05) is 19.1 Å². The van der Waals surface area contributed by atoms with Crippen molar-refractivity contribution in [3.63, 3.8) is 0 Å². The molecule has 1 aromatic rings. The van der Waals surface area contributed by atoms with Crippen LogP contribution in [0.4, 0.5) is 4.39 Å². The van der Waals surface area contributed by atoms with Gasteiger partial charge in [-0.3, -0.25) is 9.59 Å². The Balaban J connectivity index is 2.17. The van der Waals surface area contributed by atoms with Gasteiger partial charge < -0.3 is 14.8 Å². The second kappa shape index (κ2) is 8.42. The molecule has 0 spiro atoms. The van der Waals surface area contributed by atoms with Gasteiger partial charge in [0.05, 0.1) is 18.8 Å². The molecule has 0 radical (unpaired) electrons. The summed E-state index contributed by atoms with van der Waals surface area (Å²) in [5, 5.41) is 3.18. The third kappa shape index (κ3) is 3.88. The summed E-state index contributed by atoms with van der Waals surface area (Å²) in [6.07, 6.45) is 0.0921. The van der Waals surface area contributed by atoms with Gasteiger partial charge in [-0.25, -0.2) is 9.18 Å². The molecule has 3 rings (SSSR count). The topological polar surface area (TPSA) is 81.7 Å². The fourth-order valence-electron chi connectivity index (χ4n) is 4.22. The highest BCUT2D eigenvalue weighted by Gasteiger charge is 2.47. The van der Waals surface area contributed by atoms with Crippen LogP contribution >= 0.6 is 0 Å². The molecular formula is C23H26FNO5. The number of ether oxygens (including phenoxy) is 2. The van der Waals surface area contributed by atoms with E-state index in [1.807, 2.05) is 6.92 Å². The minimum absolute atomic E-state index is 0.262. The fraction of sp³-hybridized carbons (Fsp3) is 0.435. The highest BCUT2D eigenvalue weighted by atomic mass is 19.1. The number of esters is 2. The average molecular weight is 415 g/mol. The van der Waals surface area contributed by atoms with Gasteiger partial charge in [0.2, 0.25) is 0 Å². The van der Waals surface area contributed by atoms with Crippen molar-refractivity contribution in [2.45, 2.75) is 46.1 Å². The third-order valence-corrected chi connectivity index (χ3v) is 5.51. The lowest BCUT2D eigenvalue weighted by molar-refractivity contribution is -0.151. The van der Waals surface area contributed by atoms with Crippen molar-refractivity contribution >= 4 is 17.7 Å². The van der Waals surface area contributed by atoms with Crippen LogP contribution < -0.4 is 5.32 Å². The van der Waals surface area contributed by atoms with E-state index < -0.39 is 29.6 Å². The molecule has 1 aromatic carbocycles. The summed E-state index contributed by atoms with van der Waals surface area (Å²) in [5.74, 6) is -3.96. The van der Waals surface area contributed by atoms with Crippen LogP contribution in [0.1, 0.15) is 45.6 Å². The SMILES string of the molecule is COC(=O)[C@@H]1C(=O)C2=C(C[C@@H]1C)NC(C)=C(C(=O)OC(C)C)[C@H]2c1ccc(F)cc1. The first kappa shape index (κ1) is 21.7. The van der Waals surface area contributed by atoms with Crippen molar-refractivity contribution in [2.24, 2.45) is 11.8 Å². The van der Waals surface area contributed by atoms with E-state index in [9.17, 15) is 18.8 Å². The molecule has 0 fully saturated rings. The predicted molar refractivity (Wildman–Crippen MR) is 108 cm³/mol. The lowest BCUT2D eigenvalue weighted by Gasteiger charge is -2.38. The van der Waals surface area contributed by atoms with Crippen LogP contribution in [0.2, 0.25) is 0 Å². The Hall–Kier alpha value is -2.96. The second-order valence-corrected chi connectivity index (χ2v) is 8.04. The van der Waals surface area contributed by atoms with Crippen LogP contribution in [0.5, 0.6) is 0 Å². The first-order chi connectivity index (χ1) is 14.1. The number of hydrogen-bond acceptors (Lipinski definition) is 6. The number of nitrogens with one attached hydrogen (secondary N) is 1. The van der Waals surface area contributed by atoms with E-state index in [2.05, 4.69) is 5.32 Å². The number of carbonyl (C=O) groups excluding carboxylic acids is 3. The van der Waals surface area contributed by atoms with Gasteiger partial charge in [0, 0.05) is 22.9 Å². The first-order valence-electron chi connectivity index (χ1n) is 9.95. The zero-order chi connectivity index (χ0) is 22.2. The molecule has 2 aliphatic rings. The molecule has 1 aliphatic carbocycles. The van der Waals surface area contributed by atoms with E-state index in [4.69, 9.17) is 9.47 Å². The van der Waals surface area contributed by atoms with Crippen molar-refractivity contribution in [1.82, 2.24) is 5.32 Å². The maximum atomic E-state index is 13.6. The van der Waals surface area contributed by atoms with Gasteiger partial charge in [-0.15, -0.1) is 0 Å². The number of dihydropyridines is 1. The number of benzene rings is 1. The maximum Gasteiger partial charge on any atom is 0.337 e. The largest absolute Gasteiger partial charge is 0.468 e. The summed E-state index contributed by atoms with van der Waals surface area (Å²) in [7, 11) is 1.25. The van der Waals surface area contributed by atoms with E-state index in [1.54, 1.807) is 32.9 Å². The smallest absolute Gasteiger partial charge is 0.337 e. The zero-order valence-corrected chi connectivity index (χ0v) is 17.7. The Morgan fingerprint density at radius 1 is 1.20 bits per heavy atom. The minimum Gasteiger partial charge on any atom is -0.468 e. The molecule has 0 bridgehead atoms. The van der Waals surface area contributed by atoms with Crippen LogP contribution in [0, 0.1) is 17.7 Å². The number of Topliss-reactive ketones (excluding diaryl/α,β-unsaturated/α-hetero) is 1. The Morgan fingerprint density at radius 3 is 2.40 bits per heavy atom. The summed E-state index contributed by atoms with van der Waals surface area (Å²) in [4.78, 5) is 38.8. The summed E-state index contributed by atoms with van der Waals surface area (Å²) in [6, 6.07) is 5.66. The molecule has 3 atom stereocenters. The van der Waals surface area contributed by atoms with Crippen LogP contribution in [-0.2, 0) is 23.9 Å². The van der Waals surface area contributed by atoms with Crippen LogP contribution in [0.3, 0.4) is 0 Å². The third-order valence-electron chi connectivity index (χ3n) is 5.51. The molecule has 0 unspecified atom stereocenters. The highest BCUT2D eigenvalue weighted by Crippen LogP contribution is 2.45. The monoisotopic (exact) mass is 415 g/mol. The van der Waals surface area contributed by atoms with Crippen LogP contribution in [-0.4, -0.2) is 30.9 Å². The molecule has 1 N–H and O–H groups in total. The number of ketones is 1. The molecule has 7 heteroatoms. The van der Waals surface area contributed by atoms with Crippen LogP contribution in [0.25, 0.3) is 0 Å². The summed E-state index contributed by atoms with van der Waals surface area (Å²) in [6.45, 7) is 7.04. The Bertz CT molecular complexity index is 945. The maximum absolute atomic E-state index is 13.6. The minimum atomic E-state index is -0.959. The molecule has 160 valence electrons. The molecule has 1 heterocycles. The number of rotatable bonds is 4. The van der Waals surface area contributed by atoms with Crippen LogP contribution in [0.15, 0.2) is 46.8 Å². The normalized spacial score (nSPS) is 23.8. The van der Waals surface area contributed by atoms with Crippen molar-refractivity contribution in [3.8, 4) is 0 Å². The number of hydrogen-bond donors (Lipinski definition) is 1. The van der Waals surface area contributed by atoms with Gasteiger partial charge in [-0.2, -0.15) is 0 Å². The predicted octanol–water partition coefficient (Wildman–Crippen LogP) is 3.39. The average Bonchev–Trinajstić information content (AvgIpc) is 2.66. The quantitative estimate of drug-likeness (QED) is 0.600. The molecule has 1 aliphatic heterocycles. The first-order valence-corrected chi connectivity index (χ1v) is 9.95. The lowest BCUT2D eigenvalue weighted by Crippen LogP contribution is -2.43. The van der Waals surface area contributed by atoms with Gasteiger partial charge in [0.25, 0.3) is 0 Å². The van der Waals surface area contributed by atoms with E-state index >= 15 is 0 Å². The molecular weight excluding hydrogens is 389 g/mol. The Kier molecular flexibility index (Phi) is 6.10. The summed E-state index contributed by atoms with van der Waals surface area (Å²) < 4.78 is 23.9. The molecule has 0 amide bonds. The molecule has 6 nitrogen and oxygen atoms in total. The zero-order valence-electron chi connectivity index (χ0n) is 17.7. The number of carbonyl (C=O) groups is 3. The van der Waals surface area contributed by atoms with Gasteiger partial charge in [0.15, 0.2) is 5.78 Å². The number of methoxy groups -OCH3 is 1. The Labute approximate surface area is 175 Å². The van der Waals surface area contributed by atoms with Crippen molar-refractivity contribution in [3.05, 3.63) is 58.2 Å². The van der Waals surface area contributed by atoms with Gasteiger partial charge in [-0.05, 0) is 50.8 Å². The molecule has 0 saturated heterocycles. The Morgan fingerprint density at radius 2 is 1.83 bits per heavy atom. The van der Waals surface area contributed by atoms with Gasteiger partial charge in [0.1, 0.15) is 11.7 Å². The van der Waals surface area contributed by atoms with E-state index in [0.29, 0.717) is 29.0 Å². The van der Waals surface area contributed by atoms with E-state index in [1.165, 1.54) is 19.2 Å². The standard InChI is InChI=1S/C23H26FNO5/c1-11(2)30-23(28)18-13(4)25-16-10-12(3)17(22(27)29-5)21(26)20(16)19(18)14-6-8-15(24)9-7-14/h6-9,11-12,17,19,25H,10H2,1-5H3/t12-,17-,19+/m0/s1. The molecule has 30 heavy (non-hydrogen) atoms. The van der Waals surface area contributed by atoms with Crippen molar-refractivity contribution < 1.29 is 28.2 Å². The highest BCUT2D eigenvalue weighted by molar-refractivity contribution is 6.12. The fourth-order valence-corrected chi connectivity index (χ4v) is 4.22. The van der Waals surface area contributed by atoms with Crippen molar-refractivity contribution in [2.75, 3.05) is 7.11 Å². The van der Waals surface area contributed by atoms with Gasteiger partial charge >= 0.3 is 11.9 Å². The second-order valence-electron chi connectivity index (χ2n) is 8.04. The lowest BCUT2D eigenvalue weighted by atomic mass is 9.69. The molecule has 0 saturated carbocycles. The summed E-state index contributed by atoms with van der Waals surface area (Å²) >= 11 is 0. The summed E-state index contributed by atoms with van der Waals surface area (Å²) in [5.41, 5.74) is 2.43. The number of allylic oxidation sites excluding steroid dienone is 3. The number of halogens is 1. The van der Waals surface area contributed by atoms with E-state index in [0.717, 1.165) is 0 Å². The molecule has 0 aromatic heterocycles. The van der Waals surface area contributed by atoms with E-state index in [-0.39, 0.29) is 23.4 Å².